The highest BCUT2D eigenvalue weighted by molar-refractivity contribution is 6.46. The number of aryl methyl sites for hydroxylation is 1. The van der Waals surface area contributed by atoms with Gasteiger partial charge in [-0.1, -0.05) is 12.1 Å². The summed E-state index contributed by atoms with van der Waals surface area (Å²) in [5.74, 6) is 0.0625. The van der Waals surface area contributed by atoms with E-state index in [1.165, 1.54) is 11.2 Å². The average Bonchev–Trinajstić information content (AvgIpc) is 3.43. The predicted octanol–water partition coefficient (Wildman–Crippen LogP) is 5.01. The number of hydrogen-bond acceptors (Lipinski definition) is 6. The summed E-state index contributed by atoms with van der Waals surface area (Å²) in [5.41, 5.74) is 2.03. The first-order valence-corrected chi connectivity index (χ1v) is 11.0. The Balaban J connectivity index is 1.76. The Morgan fingerprint density at radius 1 is 1.12 bits per heavy atom. The fraction of sp³-hybridized carbons (Fsp3) is 0.259. The molecule has 1 atom stereocenters. The Labute approximate surface area is 198 Å². The minimum Gasteiger partial charge on any atom is -0.507 e. The molecule has 1 unspecified atom stereocenters. The average molecular weight is 462 g/mol. The third kappa shape index (κ3) is 4.41. The first-order chi connectivity index (χ1) is 16.3. The van der Waals surface area contributed by atoms with Crippen molar-refractivity contribution in [2.24, 2.45) is 0 Å². The monoisotopic (exact) mass is 461 g/mol. The van der Waals surface area contributed by atoms with Crippen molar-refractivity contribution in [1.29, 1.82) is 0 Å². The summed E-state index contributed by atoms with van der Waals surface area (Å²) >= 11 is 0. The van der Waals surface area contributed by atoms with E-state index in [1.807, 2.05) is 32.9 Å². The summed E-state index contributed by atoms with van der Waals surface area (Å²) in [5, 5.41) is 11.2. The van der Waals surface area contributed by atoms with Crippen LogP contribution >= 0.6 is 0 Å². The molecule has 0 aliphatic carbocycles. The fourth-order valence-corrected chi connectivity index (χ4v) is 4.05. The van der Waals surface area contributed by atoms with Crippen molar-refractivity contribution in [1.82, 2.24) is 4.90 Å². The van der Waals surface area contributed by atoms with Gasteiger partial charge in [-0.15, -0.1) is 0 Å². The van der Waals surface area contributed by atoms with E-state index in [9.17, 15) is 14.7 Å². The summed E-state index contributed by atoms with van der Waals surface area (Å²) in [6, 6.07) is 14.9. The molecule has 1 fully saturated rings. The smallest absolute Gasteiger partial charge is 0.296 e. The molecule has 1 aromatic heterocycles. The summed E-state index contributed by atoms with van der Waals surface area (Å²) in [6.45, 7) is 5.89. The molecule has 7 nitrogen and oxygen atoms in total. The molecular formula is C27H27NO6. The third-order valence-corrected chi connectivity index (χ3v) is 5.68. The molecular weight excluding hydrogens is 434 g/mol. The molecule has 4 rings (SSSR count). The molecule has 3 aromatic rings. The number of amides is 1. The molecule has 0 bridgehead atoms. The summed E-state index contributed by atoms with van der Waals surface area (Å²) in [6.07, 6.45) is 1.48. The quantitative estimate of drug-likeness (QED) is 0.302. The van der Waals surface area contributed by atoms with E-state index in [-0.39, 0.29) is 24.0 Å². The van der Waals surface area contributed by atoms with Crippen LogP contribution < -0.4 is 9.47 Å². The molecule has 1 saturated heterocycles. The second kappa shape index (κ2) is 9.47. The number of carbonyl (C=O) groups is 2. The van der Waals surface area contributed by atoms with Crippen molar-refractivity contribution in [2.75, 3.05) is 7.11 Å². The van der Waals surface area contributed by atoms with E-state index >= 15 is 0 Å². The number of nitrogens with zero attached hydrogens (tertiary/aromatic N) is 1. The molecule has 1 aliphatic heterocycles. The van der Waals surface area contributed by atoms with Gasteiger partial charge >= 0.3 is 0 Å². The number of methoxy groups -OCH3 is 1. The number of ketones is 1. The standard InChI is InChI=1S/C27H27NO6/c1-16(2)34-21-12-9-19(14-17(21)3)25(29)23-24(22-6-5-13-33-22)28(27(31)26(23)30)15-18-7-10-20(32-4)11-8-18/h5-14,16,24,29H,15H2,1-4H3/b25-23-. The van der Waals surface area contributed by atoms with E-state index < -0.39 is 17.7 Å². The van der Waals surface area contributed by atoms with Gasteiger partial charge in [0, 0.05) is 12.1 Å². The van der Waals surface area contributed by atoms with Crippen LogP contribution in [0.1, 0.15) is 42.3 Å². The zero-order valence-corrected chi connectivity index (χ0v) is 19.6. The second-order valence-electron chi connectivity index (χ2n) is 8.44. The first kappa shape index (κ1) is 23.2. The van der Waals surface area contributed by atoms with Crippen molar-refractivity contribution in [3.63, 3.8) is 0 Å². The number of likely N-dealkylation sites (tertiary alicyclic amines) is 1. The van der Waals surface area contributed by atoms with E-state index in [0.717, 1.165) is 11.1 Å². The maximum atomic E-state index is 13.1. The minimum absolute atomic E-state index is 0.000351. The number of ether oxygens (including phenoxy) is 2. The molecule has 7 heteroatoms. The van der Waals surface area contributed by atoms with Gasteiger partial charge in [-0.05, 0) is 74.4 Å². The van der Waals surface area contributed by atoms with Crippen LogP contribution in [-0.2, 0) is 16.1 Å². The van der Waals surface area contributed by atoms with Crippen molar-refractivity contribution < 1.29 is 28.6 Å². The van der Waals surface area contributed by atoms with Gasteiger partial charge in [0.05, 0.1) is 25.1 Å². The van der Waals surface area contributed by atoms with E-state index in [2.05, 4.69) is 0 Å². The molecule has 1 N–H and O–H groups in total. The summed E-state index contributed by atoms with van der Waals surface area (Å²) < 4.78 is 16.6. The molecule has 34 heavy (non-hydrogen) atoms. The molecule has 1 amide bonds. The van der Waals surface area contributed by atoms with Crippen LogP contribution in [0.25, 0.3) is 5.76 Å². The van der Waals surface area contributed by atoms with Gasteiger partial charge in [0.1, 0.15) is 29.1 Å². The lowest BCUT2D eigenvalue weighted by molar-refractivity contribution is -0.140. The van der Waals surface area contributed by atoms with E-state index in [4.69, 9.17) is 13.9 Å². The molecule has 2 aromatic carbocycles. The van der Waals surface area contributed by atoms with Gasteiger partial charge in [-0.2, -0.15) is 0 Å². The lowest BCUT2D eigenvalue weighted by atomic mass is 9.98. The van der Waals surface area contributed by atoms with Crippen LogP contribution in [0.3, 0.4) is 0 Å². The predicted molar refractivity (Wildman–Crippen MR) is 126 cm³/mol. The maximum absolute atomic E-state index is 13.1. The fourth-order valence-electron chi connectivity index (χ4n) is 4.05. The molecule has 0 spiro atoms. The number of furan rings is 1. The lowest BCUT2D eigenvalue weighted by Gasteiger charge is -2.23. The van der Waals surface area contributed by atoms with Gasteiger partial charge in [-0.3, -0.25) is 9.59 Å². The van der Waals surface area contributed by atoms with Crippen molar-refractivity contribution in [3.8, 4) is 11.5 Å². The Morgan fingerprint density at radius 3 is 2.44 bits per heavy atom. The van der Waals surface area contributed by atoms with Crippen molar-refractivity contribution in [3.05, 3.63) is 88.9 Å². The van der Waals surface area contributed by atoms with Gasteiger partial charge in [0.15, 0.2) is 0 Å². The maximum Gasteiger partial charge on any atom is 0.296 e. The van der Waals surface area contributed by atoms with Crippen LogP contribution in [0.4, 0.5) is 0 Å². The number of aliphatic hydroxyl groups excluding tert-OH is 1. The SMILES string of the molecule is COc1ccc(CN2C(=O)C(=O)/C(=C(\O)c3ccc(OC(C)C)c(C)c3)C2c2ccco2)cc1. The number of benzene rings is 2. The van der Waals surface area contributed by atoms with Crippen molar-refractivity contribution in [2.45, 2.75) is 39.5 Å². The van der Waals surface area contributed by atoms with E-state index in [0.29, 0.717) is 22.8 Å². The van der Waals surface area contributed by atoms with Crippen LogP contribution in [-0.4, -0.2) is 34.9 Å². The van der Waals surface area contributed by atoms with Crippen molar-refractivity contribution >= 4 is 17.4 Å². The normalized spacial score (nSPS) is 17.4. The van der Waals surface area contributed by atoms with Crippen LogP contribution in [0.5, 0.6) is 11.5 Å². The Bertz CT molecular complexity index is 1220. The van der Waals surface area contributed by atoms with Gasteiger partial charge in [-0.25, -0.2) is 0 Å². The van der Waals surface area contributed by atoms with E-state index in [1.54, 1.807) is 49.6 Å². The topological polar surface area (TPSA) is 89.2 Å². The first-order valence-electron chi connectivity index (χ1n) is 11.0. The Kier molecular flexibility index (Phi) is 6.45. The summed E-state index contributed by atoms with van der Waals surface area (Å²) in [4.78, 5) is 27.6. The molecule has 1 aliphatic rings. The second-order valence-corrected chi connectivity index (χ2v) is 8.44. The van der Waals surface area contributed by atoms with Crippen LogP contribution in [0.15, 0.2) is 70.9 Å². The highest BCUT2D eigenvalue weighted by atomic mass is 16.5. The Hall–Kier alpha value is -4.00. The highest BCUT2D eigenvalue weighted by Crippen LogP contribution is 2.41. The Morgan fingerprint density at radius 2 is 1.85 bits per heavy atom. The zero-order valence-electron chi connectivity index (χ0n) is 19.6. The van der Waals surface area contributed by atoms with Crippen LogP contribution in [0, 0.1) is 6.92 Å². The third-order valence-electron chi connectivity index (χ3n) is 5.68. The number of Topliss-reactive ketones (excluding diaryl/α,β-unsaturated/α-hetero) is 1. The summed E-state index contributed by atoms with van der Waals surface area (Å²) in [7, 11) is 1.58. The van der Waals surface area contributed by atoms with Crippen LogP contribution in [0.2, 0.25) is 0 Å². The van der Waals surface area contributed by atoms with Gasteiger partial charge < -0.3 is 23.9 Å². The highest BCUT2D eigenvalue weighted by Gasteiger charge is 2.47. The minimum atomic E-state index is -0.857. The molecule has 0 radical (unpaired) electrons. The largest absolute Gasteiger partial charge is 0.507 e. The number of aliphatic hydroxyl groups is 1. The molecule has 0 saturated carbocycles. The number of rotatable bonds is 7. The van der Waals surface area contributed by atoms with Gasteiger partial charge in [0.25, 0.3) is 11.7 Å². The van der Waals surface area contributed by atoms with Gasteiger partial charge in [0.2, 0.25) is 0 Å². The number of carbonyl (C=O) groups excluding carboxylic acids is 2. The molecule has 2 heterocycles. The number of hydrogen-bond donors (Lipinski definition) is 1. The lowest BCUT2D eigenvalue weighted by Crippen LogP contribution is -2.29. The zero-order chi connectivity index (χ0) is 24.4. The molecule has 176 valence electrons.